The number of carbonyl (C=O) groups excluding carboxylic acids is 2. The van der Waals surface area contributed by atoms with Crippen LogP contribution in [0.2, 0.25) is 0 Å². The first-order valence-electron chi connectivity index (χ1n) is 12.3. The lowest BCUT2D eigenvalue weighted by Gasteiger charge is -2.51. The summed E-state index contributed by atoms with van der Waals surface area (Å²) in [6.07, 6.45) is 8.26. The Bertz CT molecular complexity index is 1400. The van der Waals surface area contributed by atoms with Crippen molar-refractivity contribution in [3.8, 4) is 17.5 Å². The van der Waals surface area contributed by atoms with Crippen LogP contribution in [0.5, 0.6) is 0 Å². The van der Waals surface area contributed by atoms with Gasteiger partial charge in [-0.3, -0.25) is 14.6 Å². The number of anilines is 1. The zero-order valence-electron chi connectivity index (χ0n) is 19.8. The van der Waals surface area contributed by atoms with Crippen molar-refractivity contribution in [1.82, 2.24) is 25.2 Å². The summed E-state index contributed by atoms with van der Waals surface area (Å²) in [5.74, 6) is -0.530. The van der Waals surface area contributed by atoms with Gasteiger partial charge >= 0.3 is 0 Å². The van der Waals surface area contributed by atoms with Crippen LogP contribution in [0.4, 0.5) is 5.69 Å². The number of nitriles is 1. The second-order valence-corrected chi connectivity index (χ2v) is 10.3. The highest BCUT2D eigenvalue weighted by Crippen LogP contribution is 2.48. The molecule has 0 spiro atoms. The molecule has 2 amide bonds. The van der Waals surface area contributed by atoms with Crippen molar-refractivity contribution in [2.45, 2.75) is 62.1 Å². The van der Waals surface area contributed by atoms with E-state index >= 15 is 0 Å². The molecule has 3 aliphatic carbocycles. The fourth-order valence-electron chi connectivity index (χ4n) is 5.74. The second-order valence-electron chi connectivity index (χ2n) is 10.3. The maximum absolute atomic E-state index is 13.3. The van der Waals surface area contributed by atoms with Gasteiger partial charge in [0.2, 0.25) is 5.91 Å². The third kappa shape index (κ3) is 3.85. The fraction of sp³-hybridized carbons (Fsp3) is 0.423. The minimum Gasteiger partial charge on any atom is -0.390 e. The summed E-state index contributed by atoms with van der Waals surface area (Å²) in [4.78, 5) is 29.9. The van der Waals surface area contributed by atoms with Gasteiger partial charge in [-0.25, -0.2) is 4.52 Å². The Labute approximate surface area is 207 Å². The van der Waals surface area contributed by atoms with Crippen LogP contribution < -0.4 is 16.0 Å². The Morgan fingerprint density at radius 2 is 1.94 bits per heavy atom. The number of aromatic nitrogens is 3. The first-order chi connectivity index (χ1) is 17.4. The van der Waals surface area contributed by atoms with Crippen molar-refractivity contribution >= 4 is 23.0 Å². The van der Waals surface area contributed by atoms with E-state index in [0.29, 0.717) is 35.5 Å². The predicted molar refractivity (Wildman–Crippen MR) is 131 cm³/mol. The van der Waals surface area contributed by atoms with Gasteiger partial charge in [-0.2, -0.15) is 10.4 Å². The molecule has 1 unspecified atom stereocenters. The third-order valence-electron chi connectivity index (χ3n) is 8.00. The smallest absolute Gasteiger partial charge is 0.255 e. The van der Waals surface area contributed by atoms with Gasteiger partial charge in [-0.15, -0.1) is 0 Å². The summed E-state index contributed by atoms with van der Waals surface area (Å²) >= 11 is 0. The Kier molecular flexibility index (Phi) is 5.19. The summed E-state index contributed by atoms with van der Waals surface area (Å²) in [5.41, 5.74) is 2.85. The molecule has 2 bridgehead atoms. The average molecular weight is 486 g/mol. The summed E-state index contributed by atoms with van der Waals surface area (Å²) < 4.78 is 1.72. The largest absolute Gasteiger partial charge is 0.390 e. The molecule has 4 N–H and O–H groups in total. The van der Waals surface area contributed by atoms with Gasteiger partial charge in [-0.1, -0.05) is 0 Å². The Balaban J connectivity index is 1.38. The number of hydrogen-bond acceptors (Lipinski definition) is 7. The second kappa shape index (κ2) is 8.31. The minimum atomic E-state index is -0.568. The maximum Gasteiger partial charge on any atom is 0.255 e. The molecule has 3 saturated carbocycles. The zero-order valence-corrected chi connectivity index (χ0v) is 19.8. The number of carbonyl (C=O) groups is 2. The van der Waals surface area contributed by atoms with E-state index in [-0.39, 0.29) is 17.4 Å². The van der Waals surface area contributed by atoms with Crippen LogP contribution in [0.1, 0.15) is 60.9 Å². The summed E-state index contributed by atoms with van der Waals surface area (Å²) in [6.45, 7) is 0.542. The predicted octanol–water partition coefficient (Wildman–Crippen LogP) is 2.14. The molecular formula is C26H27N7O3. The molecule has 1 atom stereocenters. The number of nitrogens with one attached hydrogen (secondary N) is 3. The van der Waals surface area contributed by atoms with Crippen LogP contribution in [-0.2, 0) is 4.79 Å². The highest BCUT2D eigenvalue weighted by atomic mass is 16.3. The lowest BCUT2D eigenvalue weighted by Crippen LogP contribution is -2.54. The van der Waals surface area contributed by atoms with Gasteiger partial charge in [0.05, 0.1) is 45.5 Å². The maximum atomic E-state index is 13.3. The van der Waals surface area contributed by atoms with Gasteiger partial charge in [0, 0.05) is 18.3 Å². The topological polar surface area (TPSA) is 144 Å². The highest BCUT2D eigenvalue weighted by molar-refractivity contribution is 6.02. The van der Waals surface area contributed by atoms with E-state index in [2.05, 4.69) is 32.1 Å². The quantitative estimate of drug-likeness (QED) is 0.433. The molecule has 7 rings (SSSR count). The Hall–Kier alpha value is -3.97. The molecule has 4 aliphatic rings. The van der Waals surface area contributed by atoms with E-state index in [0.717, 1.165) is 49.7 Å². The van der Waals surface area contributed by atoms with Gasteiger partial charge in [0.1, 0.15) is 12.1 Å². The summed E-state index contributed by atoms with van der Waals surface area (Å²) in [5, 5.41) is 33.5. The van der Waals surface area contributed by atoms with Crippen molar-refractivity contribution in [2.24, 2.45) is 0 Å². The Morgan fingerprint density at radius 1 is 1.17 bits per heavy atom. The SMILES string of the molecule is N#Cc1cnn2c(-c3cc(NC45CCC(O)(CC4)CC5)c(C(=O)NC4CCNC4=O)cn3)ccc2c1. The van der Waals surface area contributed by atoms with Crippen LogP contribution in [0, 0.1) is 11.3 Å². The molecule has 1 saturated heterocycles. The molecule has 1 aliphatic heterocycles. The number of aliphatic hydroxyl groups is 1. The van der Waals surface area contributed by atoms with Gasteiger partial charge in [0.15, 0.2) is 0 Å². The van der Waals surface area contributed by atoms with Crippen molar-refractivity contribution < 1.29 is 14.7 Å². The van der Waals surface area contributed by atoms with E-state index in [9.17, 15) is 20.0 Å². The van der Waals surface area contributed by atoms with Crippen molar-refractivity contribution in [1.29, 1.82) is 5.26 Å². The molecule has 4 fully saturated rings. The van der Waals surface area contributed by atoms with E-state index in [4.69, 9.17) is 0 Å². The monoisotopic (exact) mass is 485 g/mol. The molecule has 0 radical (unpaired) electrons. The van der Waals surface area contributed by atoms with Crippen LogP contribution in [0.25, 0.3) is 16.9 Å². The van der Waals surface area contributed by atoms with Crippen LogP contribution in [-0.4, -0.2) is 55.2 Å². The van der Waals surface area contributed by atoms with Gasteiger partial charge in [0.25, 0.3) is 5.91 Å². The molecule has 3 aromatic rings. The lowest BCUT2D eigenvalue weighted by molar-refractivity contribution is -0.120. The normalized spacial score (nSPS) is 27.0. The summed E-state index contributed by atoms with van der Waals surface area (Å²) in [7, 11) is 0. The number of hydrogen-bond donors (Lipinski definition) is 4. The highest BCUT2D eigenvalue weighted by Gasteiger charge is 2.48. The number of pyridine rings is 1. The van der Waals surface area contributed by atoms with E-state index < -0.39 is 11.6 Å². The number of amides is 2. The molecule has 10 heteroatoms. The minimum absolute atomic E-state index is 0.178. The standard InChI is InChI=1S/C26H27N7O3/c27-13-16-11-17-1-2-22(33(17)30-14-16)21-12-20(32-25-4-7-26(36,8-5-25)9-6-25)18(15-29-21)23(34)31-19-3-10-28-24(19)35/h1-2,11-12,14-15,19,36H,3-10H2,(H,28,35)(H,29,32)(H,31,34). The molecule has 10 nitrogen and oxygen atoms in total. The Morgan fingerprint density at radius 3 is 2.64 bits per heavy atom. The van der Waals surface area contributed by atoms with Gasteiger partial charge in [-0.05, 0) is 69.2 Å². The lowest BCUT2D eigenvalue weighted by atomic mass is 9.63. The van der Waals surface area contributed by atoms with Crippen LogP contribution in [0.15, 0.2) is 36.7 Å². The number of nitrogens with zero attached hydrogens (tertiary/aromatic N) is 4. The first-order valence-corrected chi connectivity index (χ1v) is 12.3. The molecule has 3 aromatic heterocycles. The molecule has 0 aromatic carbocycles. The first kappa shape index (κ1) is 22.5. The average Bonchev–Trinajstić information content (AvgIpc) is 3.50. The van der Waals surface area contributed by atoms with E-state index in [1.54, 1.807) is 16.8 Å². The fourth-order valence-corrected chi connectivity index (χ4v) is 5.74. The van der Waals surface area contributed by atoms with Crippen LogP contribution in [0.3, 0.4) is 0 Å². The van der Waals surface area contributed by atoms with Crippen molar-refractivity contribution in [3.63, 3.8) is 0 Å². The third-order valence-corrected chi connectivity index (χ3v) is 8.00. The molecule has 184 valence electrons. The van der Waals surface area contributed by atoms with E-state index in [1.807, 2.05) is 18.2 Å². The molecule has 4 heterocycles. The number of fused-ring (bicyclic) bond motifs is 4. The molecular weight excluding hydrogens is 458 g/mol. The van der Waals surface area contributed by atoms with Crippen molar-refractivity contribution in [2.75, 3.05) is 11.9 Å². The zero-order chi connectivity index (χ0) is 24.9. The van der Waals surface area contributed by atoms with Crippen LogP contribution >= 0.6 is 0 Å². The summed E-state index contributed by atoms with van der Waals surface area (Å²) in [6, 6.07) is 8.92. The number of rotatable bonds is 5. The van der Waals surface area contributed by atoms with Crippen molar-refractivity contribution in [3.05, 3.63) is 47.8 Å². The van der Waals surface area contributed by atoms with E-state index in [1.165, 1.54) is 6.20 Å². The molecule has 36 heavy (non-hydrogen) atoms. The van der Waals surface area contributed by atoms with Gasteiger partial charge < -0.3 is 21.1 Å².